The molecule has 1 aliphatic heterocycles. The molecule has 1 fully saturated rings. The number of alkyl halides is 1. The van der Waals surface area contributed by atoms with Crippen molar-refractivity contribution in [1.29, 1.82) is 10.7 Å². The van der Waals surface area contributed by atoms with E-state index in [0.717, 1.165) is 23.9 Å². The Labute approximate surface area is 271 Å². The van der Waals surface area contributed by atoms with E-state index in [-0.39, 0.29) is 43.2 Å². The molecule has 1 aromatic carbocycles. The molecule has 5 unspecified atom stereocenters. The molecule has 5 atom stereocenters. The van der Waals surface area contributed by atoms with Gasteiger partial charge in [0.15, 0.2) is 0 Å². The average molecular weight is 654 g/mol. The third-order valence-corrected chi connectivity index (χ3v) is 10.3. The normalized spacial score (nSPS) is 22.6. The number of nitriles is 1. The van der Waals surface area contributed by atoms with E-state index in [1.165, 1.54) is 24.4 Å². The predicted molar refractivity (Wildman–Crippen MR) is 177 cm³/mol. The summed E-state index contributed by atoms with van der Waals surface area (Å²) in [5.74, 6) is -0.00928. The van der Waals surface area contributed by atoms with Gasteiger partial charge < -0.3 is 25.3 Å². The molecule has 249 valence electrons. The highest BCUT2D eigenvalue weighted by atomic mass is 28.3. The summed E-state index contributed by atoms with van der Waals surface area (Å²) in [5.41, 5.74) is 3.45. The Morgan fingerprint density at radius 2 is 2.11 bits per heavy atom. The van der Waals surface area contributed by atoms with Crippen LogP contribution in [-0.4, -0.2) is 85.4 Å². The van der Waals surface area contributed by atoms with Crippen LogP contribution in [0.4, 0.5) is 8.78 Å². The fourth-order valence-corrected chi connectivity index (χ4v) is 6.59. The van der Waals surface area contributed by atoms with Gasteiger partial charge in [0.05, 0.1) is 49.2 Å². The number of likely N-dealkylation sites (tertiary alicyclic amines) is 1. The molecule has 2 aliphatic rings. The second-order valence-electron chi connectivity index (χ2n) is 13.5. The van der Waals surface area contributed by atoms with Gasteiger partial charge in [-0.25, -0.2) is 18.7 Å². The zero-order chi connectivity index (χ0) is 33.3. The van der Waals surface area contributed by atoms with E-state index in [4.69, 9.17) is 14.9 Å². The fraction of sp³-hybridized carbons (Fsp3) is 0.529. The minimum atomic E-state index is -1.30. The van der Waals surface area contributed by atoms with Gasteiger partial charge in [-0.3, -0.25) is 4.90 Å². The summed E-state index contributed by atoms with van der Waals surface area (Å²) >= 11 is 0. The maximum Gasteiger partial charge on any atom is 0.149 e. The van der Waals surface area contributed by atoms with E-state index in [1.54, 1.807) is 6.33 Å². The first-order chi connectivity index (χ1) is 22.0. The first-order valence-corrected chi connectivity index (χ1v) is 19.7. The number of aromatic nitrogens is 2. The maximum atomic E-state index is 15.2. The highest BCUT2D eigenvalue weighted by Gasteiger charge is 2.33. The number of fused-ring (bicyclic) bond motifs is 1. The van der Waals surface area contributed by atoms with Crippen molar-refractivity contribution >= 4 is 25.9 Å². The maximum absolute atomic E-state index is 15.2. The summed E-state index contributed by atoms with van der Waals surface area (Å²) in [6.07, 6.45) is 7.41. The topological polar surface area (TPSA) is 132 Å². The molecule has 0 amide bonds. The molecule has 1 aliphatic carbocycles. The number of quaternary nitrogens is 1. The van der Waals surface area contributed by atoms with E-state index in [0.29, 0.717) is 42.9 Å². The van der Waals surface area contributed by atoms with Gasteiger partial charge in [0.2, 0.25) is 0 Å². The first-order valence-electron chi connectivity index (χ1n) is 16.0. The van der Waals surface area contributed by atoms with Gasteiger partial charge in [0, 0.05) is 49.4 Å². The summed E-state index contributed by atoms with van der Waals surface area (Å²) in [6.45, 7) is 11.4. The lowest BCUT2D eigenvalue weighted by atomic mass is 9.83. The smallest absolute Gasteiger partial charge is 0.149 e. The molecule has 2 heterocycles. The highest BCUT2D eigenvalue weighted by Crippen LogP contribution is 2.35. The largest absolute Gasteiger partial charge is 0.487 e. The number of allylic oxidation sites excluding steroid dienone is 1. The van der Waals surface area contributed by atoms with Crippen LogP contribution in [-0.2, 0) is 11.3 Å². The Kier molecular flexibility index (Phi) is 12.7. The summed E-state index contributed by atoms with van der Waals surface area (Å²) in [5, 5.41) is 28.9. The molecular weight excluding hydrogens is 606 g/mol. The van der Waals surface area contributed by atoms with Crippen LogP contribution in [0, 0.1) is 28.5 Å². The number of hydrogen-bond donors (Lipinski definition) is 3. The van der Waals surface area contributed by atoms with Gasteiger partial charge in [-0.05, 0) is 24.1 Å². The van der Waals surface area contributed by atoms with Crippen molar-refractivity contribution in [2.24, 2.45) is 5.92 Å². The second-order valence-corrected chi connectivity index (χ2v) is 19.1. The van der Waals surface area contributed by atoms with E-state index in [9.17, 15) is 14.8 Å². The molecule has 0 radical (unpaired) electrons. The number of nitrogens with one attached hydrogen (secondary N) is 1. The lowest BCUT2D eigenvalue weighted by molar-refractivity contribution is -0.624. The predicted octanol–water partition coefficient (Wildman–Crippen LogP) is 4.54. The van der Waals surface area contributed by atoms with Crippen molar-refractivity contribution < 1.29 is 28.7 Å². The number of ether oxygens (including phenoxy) is 2. The number of hydrogen-bond acceptors (Lipinski definition) is 8. The van der Waals surface area contributed by atoms with Crippen molar-refractivity contribution in [1.82, 2.24) is 14.9 Å². The van der Waals surface area contributed by atoms with Crippen LogP contribution in [0.5, 0.6) is 5.75 Å². The van der Waals surface area contributed by atoms with Crippen molar-refractivity contribution in [3.05, 3.63) is 65.1 Å². The van der Waals surface area contributed by atoms with Gasteiger partial charge in [-0.1, -0.05) is 19.1 Å². The SMILES string of the molecule is CC1c2ncnc(C(C=N)=C[NH2+]C(CC#N)CN3CCC(Oc4cc(F)cc(CO)c4)C(F)C3)c2C=CC1COCC[Si-](C)(C)C. The van der Waals surface area contributed by atoms with Gasteiger partial charge in [0.1, 0.15) is 42.4 Å². The number of benzene rings is 1. The van der Waals surface area contributed by atoms with Crippen molar-refractivity contribution in [2.75, 3.05) is 32.8 Å². The number of halogens is 2. The van der Waals surface area contributed by atoms with Crippen molar-refractivity contribution in [2.45, 2.75) is 76.3 Å². The number of nitrogens with two attached hydrogens (primary N) is 1. The zero-order valence-corrected chi connectivity index (χ0v) is 28.3. The quantitative estimate of drug-likeness (QED) is 0.146. The Morgan fingerprint density at radius 1 is 1.30 bits per heavy atom. The van der Waals surface area contributed by atoms with Crippen LogP contribution >= 0.6 is 0 Å². The third-order valence-electron chi connectivity index (χ3n) is 8.60. The van der Waals surface area contributed by atoms with Crippen LogP contribution in [0.1, 0.15) is 48.2 Å². The van der Waals surface area contributed by atoms with E-state index >= 15 is 4.39 Å². The molecule has 0 saturated carbocycles. The molecule has 4 N–H and O–H groups in total. The summed E-state index contributed by atoms with van der Waals surface area (Å²) < 4.78 is 40.8. The molecule has 1 aromatic heterocycles. The van der Waals surface area contributed by atoms with Gasteiger partial charge in [-0.15, -0.1) is 14.1 Å². The summed E-state index contributed by atoms with van der Waals surface area (Å²) in [6, 6.07) is 7.09. The van der Waals surface area contributed by atoms with E-state index in [2.05, 4.69) is 48.7 Å². The van der Waals surface area contributed by atoms with Crippen molar-refractivity contribution in [3.63, 3.8) is 0 Å². The molecule has 0 spiro atoms. The zero-order valence-electron chi connectivity index (χ0n) is 27.3. The second kappa shape index (κ2) is 16.5. The van der Waals surface area contributed by atoms with Crippen LogP contribution < -0.4 is 10.1 Å². The molecule has 4 rings (SSSR count). The molecule has 1 saturated heterocycles. The van der Waals surface area contributed by atoms with Crippen molar-refractivity contribution in [3.8, 4) is 11.8 Å². The number of aliphatic hydroxyl groups excluding tert-OH is 1. The summed E-state index contributed by atoms with van der Waals surface area (Å²) in [4.78, 5) is 11.1. The Bertz CT molecular complexity index is 1440. The molecule has 46 heavy (non-hydrogen) atoms. The summed E-state index contributed by atoms with van der Waals surface area (Å²) in [7, 11) is -1.15. The first kappa shape index (κ1) is 35.5. The number of nitrogens with zero attached hydrogens (tertiary/aromatic N) is 4. The van der Waals surface area contributed by atoms with Crippen LogP contribution in [0.3, 0.4) is 0 Å². The van der Waals surface area contributed by atoms with Crippen LogP contribution in [0.15, 0.2) is 36.8 Å². The number of rotatable bonds is 15. The Hall–Kier alpha value is -3.34. The van der Waals surface area contributed by atoms with Gasteiger partial charge >= 0.3 is 0 Å². The minimum absolute atomic E-state index is 0.120. The lowest BCUT2D eigenvalue weighted by Crippen LogP contribution is -2.86. The monoisotopic (exact) mass is 653 g/mol. The number of piperidine rings is 1. The molecule has 0 bridgehead atoms. The Balaban J connectivity index is 1.37. The minimum Gasteiger partial charge on any atom is -0.487 e. The Morgan fingerprint density at radius 3 is 2.80 bits per heavy atom. The standard InChI is InChI=1S/C34H46F2N6O3Si/c1-23-25(21-44-11-12-46(2,3)4)5-6-30-33(23)40-22-41-34(30)26(16-38)17-39-28(7-9-37)18-42-10-8-32(31(36)19-42)45-29-14-24(20-43)13-27(35)15-29/h5-6,13-17,22-23,25,28,31-32,38-39,43H,7-8,10-12,18-21H2,1-4H3/q-1/p+1. The fourth-order valence-electron chi connectivity index (χ4n) is 5.83. The average Bonchev–Trinajstić information content (AvgIpc) is 3.01. The van der Waals surface area contributed by atoms with Gasteiger partial charge in [-0.2, -0.15) is 24.9 Å². The molecular formula is C34H47F2N6O3Si. The van der Waals surface area contributed by atoms with E-state index < -0.39 is 26.2 Å². The van der Waals surface area contributed by atoms with Crippen LogP contribution in [0.2, 0.25) is 25.7 Å². The van der Waals surface area contributed by atoms with Gasteiger partial charge in [0.25, 0.3) is 0 Å². The molecule has 2 aromatic rings. The molecule has 12 heteroatoms. The highest BCUT2D eigenvalue weighted by molar-refractivity contribution is 6.76. The van der Waals surface area contributed by atoms with Crippen LogP contribution in [0.25, 0.3) is 11.6 Å². The number of aliphatic hydroxyl groups is 1. The van der Waals surface area contributed by atoms with E-state index in [1.807, 2.05) is 22.5 Å². The third kappa shape index (κ3) is 9.83. The molecule has 9 nitrogen and oxygen atoms in total. The lowest BCUT2D eigenvalue weighted by Gasteiger charge is -2.35.